The van der Waals surface area contributed by atoms with Crippen LogP contribution in [0.4, 0.5) is 8.78 Å². The van der Waals surface area contributed by atoms with Crippen LogP contribution in [0.5, 0.6) is 0 Å². The standard InChI is InChI=1S/C20H18F2N2O2/c21-16-5-1-14(2-6-16)13-18-23-24-19(26-18)20(9-11-25-12-10-20)15-3-7-17(22)8-4-15/h1-8H,9-13H2. The Hall–Kier alpha value is -2.60. The van der Waals surface area contributed by atoms with Gasteiger partial charge in [-0.2, -0.15) is 0 Å². The first-order valence-electron chi connectivity index (χ1n) is 8.57. The molecule has 0 radical (unpaired) electrons. The van der Waals surface area contributed by atoms with Gasteiger partial charge in [0.05, 0.1) is 11.8 Å². The van der Waals surface area contributed by atoms with Crippen molar-refractivity contribution in [3.05, 3.63) is 83.1 Å². The molecule has 0 atom stereocenters. The normalized spacial score (nSPS) is 16.5. The number of rotatable bonds is 4. The molecule has 0 unspecified atom stereocenters. The zero-order valence-corrected chi connectivity index (χ0v) is 14.1. The van der Waals surface area contributed by atoms with Crippen LogP contribution in [-0.2, 0) is 16.6 Å². The maximum Gasteiger partial charge on any atom is 0.227 e. The molecule has 4 nitrogen and oxygen atoms in total. The molecule has 6 heteroatoms. The second kappa shape index (κ2) is 6.96. The Morgan fingerprint density at radius 2 is 1.46 bits per heavy atom. The summed E-state index contributed by atoms with van der Waals surface area (Å²) in [6, 6.07) is 12.6. The third-order valence-corrected chi connectivity index (χ3v) is 4.89. The van der Waals surface area contributed by atoms with Gasteiger partial charge in [0.25, 0.3) is 0 Å². The highest BCUT2D eigenvalue weighted by atomic mass is 19.1. The molecule has 0 amide bonds. The molecule has 0 bridgehead atoms. The molecule has 1 fully saturated rings. The minimum atomic E-state index is -0.472. The Balaban J connectivity index is 1.65. The molecule has 26 heavy (non-hydrogen) atoms. The molecule has 1 aromatic heterocycles. The molecule has 0 saturated carbocycles. The summed E-state index contributed by atoms with van der Waals surface area (Å²) in [5, 5.41) is 8.46. The molecule has 2 aromatic carbocycles. The van der Waals surface area contributed by atoms with Gasteiger partial charge in [0, 0.05) is 13.2 Å². The van der Waals surface area contributed by atoms with E-state index in [1.807, 2.05) is 0 Å². The monoisotopic (exact) mass is 356 g/mol. The van der Waals surface area contributed by atoms with E-state index in [1.54, 1.807) is 24.3 Å². The maximum absolute atomic E-state index is 13.4. The fraction of sp³-hybridized carbons (Fsp3) is 0.300. The van der Waals surface area contributed by atoms with Crippen LogP contribution in [0, 0.1) is 11.6 Å². The predicted molar refractivity (Wildman–Crippen MR) is 90.7 cm³/mol. The second-order valence-electron chi connectivity index (χ2n) is 6.51. The first kappa shape index (κ1) is 16.8. The number of halogens is 2. The summed E-state index contributed by atoms with van der Waals surface area (Å²) >= 11 is 0. The molecular formula is C20H18F2N2O2. The van der Waals surface area contributed by atoms with Gasteiger partial charge < -0.3 is 9.15 Å². The number of ether oxygens (including phenoxy) is 1. The third kappa shape index (κ3) is 3.24. The van der Waals surface area contributed by atoms with E-state index in [1.165, 1.54) is 24.3 Å². The van der Waals surface area contributed by atoms with Gasteiger partial charge in [-0.3, -0.25) is 0 Å². The number of hydrogen-bond donors (Lipinski definition) is 0. The molecule has 1 aliphatic heterocycles. The average Bonchev–Trinajstić information content (AvgIpc) is 3.14. The van der Waals surface area contributed by atoms with E-state index in [9.17, 15) is 8.78 Å². The highest BCUT2D eigenvalue weighted by molar-refractivity contribution is 5.33. The first-order chi connectivity index (χ1) is 12.7. The summed E-state index contributed by atoms with van der Waals surface area (Å²) in [6.45, 7) is 1.15. The van der Waals surface area contributed by atoms with Gasteiger partial charge in [-0.1, -0.05) is 24.3 Å². The fourth-order valence-corrected chi connectivity index (χ4v) is 3.41. The lowest BCUT2D eigenvalue weighted by Gasteiger charge is -2.34. The van der Waals surface area contributed by atoms with Gasteiger partial charge in [-0.25, -0.2) is 8.78 Å². The molecule has 134 valence electrons. The van der Waals surface area contributed by atoms with E-state index in [0.29, 0.717) is 44.3 Å². The van der Waals surface area contributed by atoms with Gasteiger partial charge >= 0.3 is 0 Å². The van der Waals surface area contributed by atoms with Crippen molar-refractivity contribution in [2.75, 3.05) is 13.2 Å². The van der Waals surface area contributed by atoms with Crippen LogP contribution in [-0.4, -0.2) is 23.4 Å². The van der Waals surface area contributed by atoms with Gasteiger partial charge in [0.1, 0.15) is 11.6 Å². The van der Waals surface area contributed by atoms with E-state index in [2.05, 4.69) is 10.2 Å². The SMILES string of the molecule is Fc1ccc(Cc2nnc(C3(c4ccc(F)cc4)CCOCC3)o2)cc1. The molecule has 2 heterocycles. The summed E-state index contributed by atoms with van der Waals surface area (Å²) in [4.78, 5) is 0. The molecule has 0 N–H and O–H groups in total. The Morgan fingerprint density at radius 3 is 2.12 bits per heavy atom. The number of benzene rings is 2. The Labute approximate surface area is 149 Å². The Morgan fingerprint density at radius 1 is 0.846 bits per heavy atom. The van der Waals surface area contributed by atoms with Crippen LogP contribution in [0.2, 0.25) is 0 Å². The summed E-state index contributed by atoms with van der Waals surface area (Å²) in [7, 11) is 0. The molecule has 0 aliphatic carbocycles. The van der Waals surface area contributed by atoms with Crippen molar-refractivity contribution in [3.8, 4) is 0 Å². The van der Waals surface area contributed by atoms with Crippen molar-refractivity contribution in [2.24, 2.45) is 0 Å². The number of aromatic nitrogens is 2. The summed E-state index contributed by atoms with van der Waals surface area (Å²) in [6.07, 6.45) is 1.82. The minimum absolute atomic E-state index is 0.279. The van der Waals surface area contributed by atoms with Gasteiger partial charge in [0.15, 0.2) is 0 Å². The first-order valence-corrected chi connectivity index (χ1v) is 8.57. The van der Waals surface area contributed by atoms with E-state index >= 15 is 0 Å². The summed E-state index contributed by atoms with van der Waals surface area (Å²) < 4.78 is 37.9. The number of nitrogens with zero attached hydrogens (tertiary/aromatic N) is 2. The van der Waals surface area contributed by atoms with Crippen molar-refractivity contribution in [3.63, 3.8) is 0 Å². The predicted octanol–water partition coefficient (Wildman–Crippen LogP) is 4.04. The van der Waals surface area contributed by atoms with Crippen molar-refractivity contribution in [1.82, 2.24) is 10.2 Å². The van der Waals surface area contributed by atoms with Crippen molar-refractivity contribution >= 4 is 0 Å². The molecule has 0 spiro atoms. The van der Waals surface area contributed by atoms with Crippen LogP contribution in [0.25, 0.3) is 0 Å². The minimum Gasteiger partial charge on any atom is -0.424 e. The lowest BCUT2D eigenvalue weighted by molar-refractivity contribution is 0.0540. The molecular weight excluding hydrogens is 338 g/mol. The molecule has 3 aromatic rings. The van der Waals surface area contributed by atoms with E-state index < -0.39 is 5.41 Å². The Bertz CT molecular complexity index is 870. The van der Waals surface area contributed by atoms with Gasteiger partial charge in [-0.05, 0) is 48.2 Å². The zero-order valence-electron chi connectivity index (χ0n) is 14.1. The zero-order chi connectivity index (χ0) is 18.0. The number of hydrogen-bond acceptors (Lipinski definition) is 4. The molecule has 1 aliphatic rings. The lowest BCUT2D eigenvalue weighted by atomic mass is 9.74. The topological polar surface area (TPSA) is 48.2 Å². The van der Waals surface area contributed by atoms with Crippen LogP contribution in [0.3, 0.4) is 0 Å². The summed E-state index contributed by atoms with van der Waals surface area (Å²) in [5.41, 5.74) is 1.36. The lowest BCUT2D eigenvalue weighted by Crippen LogP contribution is -2.35. The fourth-order valence-electron chi connectivity index (χ4n) is 3.41. The second-order valence-corrected chi connectivity index (χ2v) is 6.51. The quantitative estimate of drug-likeness (QED) is 0.708. The van der Waals surface area contributed by atoms with Gasteiger partial charge in [-0.15, -0.1) is 10.2 Å². The van der Waals surface area contributed by atoms with Gasteiger partial charge in [0.2, 0.25) is 11.8 Å². The highest BCUT2D eigenvalue weighted by Gasteiger charge is 2.41. The molecule has 4 rings (SSSR count). The average molecular weight is 356 g/mol. The van der Waals surface area contributed by atoms with Crippen LogP contribution >= 0.6 is 0 Å². The van der Waals surface area contributed by atoms with Crippen LogP contribution in [0.1, 0.15) is 35.7 Å². The van der Waals surface area contributed by atoms with E-state index in [-0.39, 0.29) is 11.6 Å². The third-order valence-electron chi connectivity index (χ3n) is 4.89. The van der Waals surface area contributed by atoms with Crippen LogP contribution in [0.15, 0.2) is 52.9 Å². The smallest absolute Gasteiger partial charge is 0.227 e. The van der Waals surface area contributed by atoms with Crippen molar-refractivity contribution < 1.29 is 17.9 Å². The largest absolute Gasteiger partial charge is 0.424 e. The highest BCUT2D eigenvalue weighted by Crippen LogP contribution is 2.40. The van der Waals surface area contributed by atoms with Crippen LogP contribution < -0.4 is 0 Å². The van der Waals surface area contributed by atoms with E-state index in [0.717, 1.165) is 11.1 Å². The van der Waals surface area contributed by atoms with Crippen molar-refractivity contribution in [1.29, 1.82) is 0 Å². The summed E-state index contributed by atoms with van der Waals surface area (Å²) in [5.74, 6) is 0.431. The maximum atomic E-state index is 13.4. The Kier molecular flexibility index (Phi) is 4.51. The van der Waals surface area contributed by atoms with Crippen molar-refractivity contribution in [2.45, 2.75) is 24.7 Å². The molecule has 1 saturated heterocycles. The van der Waals surface area contributed by atoms with E-state index in [4.69, 9.17) is 9.15 Å².